The average Bonchev–Trinajstić information content (AvgIpc) is 2.87. The van der Waals surface area contributed by atoms with Gasteiger partial charge in [0.25, 0.3) is 0 Å². The van der Waals surface area contributed by atoms with Crippen molar-refractivity contribution in [2.45, 2.75) is 24.9 Å². The molecule has 4 nitrogen and oxygen atoms in total. The molecule has 0 fully saturated rings. The first-order valence-corrected chi connectivity index (χ1v) is 7.12. The lowest BCUT2D eigenvalue weighted by atomic mass is 10.1. The second kappa shape index (κ2) is 4.57. The van der Waals surface area contributed by atoms with Crippen molar-refractivity contribution < 1.29 is 0 Å². The first kappa shape index (κ1) is 11.5. The van der Waals surface area contributed by atoms with Crippen molar-refractivity contribution >= 4 is 17.6 Å². The van der Waals surface area contributed by atoms with Crippen LogP contribution in [0.4, 0.5) is 5.82 Å². The molecule has 0 unspecified atom stereocenters. The van der Waals surface area contributed by atoms with Gasteiger partial charge in [0.15, 0.2) is 5.82 Å². The molecule has 18 heavy (non-hydrogen) atoms. The summed E-state index contributed by atoms with van der Waals surface area (Å²) in [5.74, 6) is 3.10. The van der Waals surface area contributed by atoms with E-state index in [1.54, 1.807) is 6.20 Å². The van der Waals surface area contributed by atoms with Crippen molar-refractivity contribution in [1.29, 1.82) is 0 Å². The van der Waals surface area contributed by atoms with Crippen molar-refractivity contribution in [2.24, 2.45) is 0 Å². The highest BCUT2D eigenvalue weighted by atomic mass is 32.2. The molecule has 0 atom stereocenters. The van der Waals surface area contributed by atoms with E-state index in [0.717, 1.165) is 40.4 Å². The third-order valence-electron chi connectivity index (χ3n) is 3.09. The minimum absolute atomic E-state index is 0.604. The summed E-state index contributed by atoms with van der Waals surface area (Å²) < 4.78 is 0. The Kier molecular flexibility index (Phi) is 2.91. The standard InChI is InChI=1S/C13H14N4S/c1-2-8-4-3-5-15-11(8)13-16-10-7-18-6-9(10)12(14)17-13/h3-5H,2,6-7H2,1H3,(H2,14,16,17). The minimum Gasteiger partial charge on any atom is -0.383 e. The van der Waals surface area contributed by atoms with E-state index in [2.05, 4.69) is 27.9 Å². The highest BCUT2D eigenvalue weighted by Crippen LogP contribution is 2.33. The molecular weight excluding hydrogens is 244 g/mol. The zero-order valence-electron chi connectivity index (χ0n) is 10.2. The van der Waals surface area contributed by atoms with Crippen LogP contribution in [0.3, 0.4) is 0 Å². The largest absolute Gasteiger partial charge is 0.383 e. The van der Waals surface area contributed by atoms with Gasteiger partial charge < -0.3 is 5.73 Å². The SMILES string of the molecule is CCc1cccnc1-c1nc(N)c2c(n1)CSC2. The monoisotopic (exact) mass is 258 g/mol. The summed E-state index contributed by atoms with van der Waals surface area (Å²) in [5.41, 5.74) is 10.2. The van der Waals surface area contributed by atoms with Crippen LogP contribution in [0.15, 0.2) is 18.3 Å². The number of aromatic nitrogens is 3. The molecule has 1 aliphatic heterocycles. The predicted octanol–water partition coefficient (Wildman–Crippen LogP) is 2.43. The second-order valence-electron chi connectivity index (χ2n) is 4.22. The van der Waals surface area contributed by atoms with Crippen LogP contribution in [0.25, 0.3) is 11.5 Å². The zero-order valence-corrected chi connectivity index (χ0v) is 11.0. The second-order valence-corrected chi connectivity index (χ2v) is 5.20. The summed E-state index contributed by atoms with van der Waals surface area (Å²) in [7, 11) is 0. The molecule has 2 N–H and O–H groups in total. The number of hydrogen-bond acceptors (Lipinski definition) is 5. The number of anilines is 1. The van der Waals surface area contributed by atoms with Crippen LogP contribution in [-0.4, -0.2) is 15.0 Å². The van der Waals surface area contributed by atoms with Crippen LogP contribution in [0.2, 0.25) is 0 Å². The van der Waals surface area contributed by atoms with E-state index in [0.29, 0.717) is 11.6 Å². The van der Waals surface area contributed by atoms with E-state index in [1.165, 1.54) is 0 Å². The van der Waals surface area contributed by atoms with Crippen LogP contribution in [0.5, 0.6) is 0 Å². The molecule has 0 spiro atoms. The van der Waals surface area contributed by atoms with Crippen molar-refractivity contribution in [3.05, 3.63) is 35.2 Å². The fraction of sp³-hybridized carbons (Fsp3) is 0.308. The van der Waals surface area contributed by atoms with Gasteiger partial charge in [-0.15, -0.1) is 0 Å². The van der Waals surface area contributed by atoms with Crippen LogP contribution in [-0.2, 0) is 17.9 Å². The molecule has 2 aromatic heterocycles. The third kappa shape index (κ3) is 1.84. The number of pyridine rings is 1. The summed E-state index contributed by atoms with van der Waals surface area (Å²) in [6.07, 6.45) is 2.69. The molecule has 0 aromatic carbocycles. The van der Waals surface area contributed by atoms with E-state index in [-0.39, 0.29) is 0 Å². The van der Waals surface area contributed by atoms with Gasteiger partial charge in [-0.05, 0) is 18.1 Å². The predicted molar refractivity (Wildman–Crippen MR) is 74.1 cm³/mol. The van der Waals surface area contributed by atoms with Gasteiger partial charge in [-0.3, -0.25) is 4.98 Å². The van der Waals surface area contributed by atoms with Gasteiger partial charge in [-0.25, -0.2) is 9.97 Å². The maximum atomic E-state index is 6.01. The van der Waals surface area contributed by atoms with Gasteiger partial charge in [-0.2, -0.15) is 11.8 Å². The molecule has 0 amide bonds. The molecule has 92 valence electrons. The van der Waals surface area contributed by atoms with E-state index < -0.39 is 0 Å². The number of thioether (sulfide) groups is 1. The van der Waals surface area contributed by atoms with E-state index >= 15 is 0 Å². The first-order chi connectivity index (χ1) is 8.79. The van der Waals surface area contributed by atoms with Gasteiger partial charge >= 0.3 is 0 Å². The number of aryl methyl sites for hydroxylation is 1. The Balaban J connectivity index is 2.15. The Morgan fingerprint density at radius 3 is 3.06 bits per heavy atom. The number of nitrogens with zero attached hydrogens (tertiary/aromatic N) is 3. The van der Waals surface area contributed by atoms with E-state index in [1.807, 2.05) is 17.8 Å². The van der Waals surface area contributed by atoms with Crippen molar-refractivity contribution in [3.8, 4) is 11.5 Å². The highest BCUT2D eigenvalue weighted by Gasteiger charge is 2.19. The van der Waals surface area contributed by atoms with Crippen molar-refractivity contribution in [2.75, 3.05) is 5.73 Å². The number of fused-ring (bicyclic) bond motifs is 1. The lowest BCUT2D eigenvalue weighted by molar-refractivity contribution is 1.04. The van der Waals surface area contributed by atoms with E-state index in [9.17, 15) is 0 Å². The normalized spacial score (nSPS) is 13.6. The van der Waals surface area contributed by atoms with Gasteiger partial charge in [0.1, 0.15) is 11.5 Å². The van der Waals surface area contributed by atoms with Crippen molar-refractivity contribution in [1.82, 2.24) is 15.0 Å². The van der Waals surface area contributed by atoms with Gasteiger partial charge in [0.05, 0.1) is 5.69 Å². The Hall–Kier alpha value is -1.62. The highest BCUT2D eigenvalue weighted by molar-refractivity contribution is 7.98. The Labute approximate surface area is 110 Å². The summed E-state index contributed by atoms with van der Waals surface area (Å²) >= 11 is 1.83. The summed E-state index contributed by atoms with van der Waals surface area (Å²) in [6, 6.07) is 4.00. The molecule has 0 aliphatic carbocycles. The van der Waals surface area contributed by atoms with Crippen LogP contribution < -0.4 is 5.73 Å². The fourth-order valence-corrected chi connectivity index (χ4v) is 3.16. The first-order valence-electron chi connectivity index (χ1n) is 5.97. The molecule has 0 radical (unpaired) electrons. The van der Waals surface area contributed by atoms with Crippen molar-refractivity contribution in [3.63, 3.8) is 0 Å². The maximum absolute atomic E-state index is 6.01. The third-order valence-corrected chi connectivity index (χ3v) is 4.06. The number of nitrogens with two attached hydrogens (primary N) is 1. The Morgan fingerprint density at radius 2 is 2.22 bits per heavy atom. The molecule has 0 saturated heterocycles. The molecule has 3 rings (SSSR count). The van der Waals surface area contributed by atoms with Gasteiger partial charge in [0, 0.05) is 23.3 Å². The summed E-state index contributed by atoms with van der Waals surface area (Å²) in [6.45, 7) is 2.10. The van der Waals surface area contributed by atoms with Crippen LogP contribution in [0.1, 0.15) is 23.7 Å². The summed E-state index contributed by atoms with van der Waals surface area (Å²) in [4.78, 5) is 13.4. The smallest absolute Gasteiger partial charge is 0.180 e. The number of rotatable bonds is 2. The molecule has 2 aromatic rings. The van der Waals surface area contributed by atoms with E-state index in [4.69, 9.17) is 5.73 Å². The fourth-order valence-electron chi connectivity index (χ4n) is 2.11. The summed E-state index contributed by atoms with van der Waals surface area (Å²) in [5, 5.41) is 0. The maximum Gasteiger partial charge on any atom is 0.180 e. The molecule has 0 bridgehead atoms. The molecule has 0 saturated carbocycles. The molecular formula is C13H14N4S. The van der Waals surface area contributed by atoms with Gasteiger partial charge in [0.2, 0.25) is 0 Å². The quantitative estimate of drug-likeness (QED) is 0.896. The molecule has 3 heterocycles. The van der Waals surface area contributed by atoms with Crippen LogP contribution >= 0.6 is 11.8 Å². The minimum atomic E-state index is 0.604. The Bertz CT molecular complexity index is 598. The topological polar surface area (TPSA) is 64.7 Å². The number of hydrogen-bond donors (Lipinski definition) is 1. The Morgan fingerprint density at radius 1 is 1.33 bits per heavy atom. The van der Waals surface area contributed by atoms with Gasteiger partial charge in [-0.1, -0.05) is 13.0 Å². The lowest BCUT2D eigenvalue weighted by Gasteiger charge is -2.08. The van der Waals surface area contributed by atoms with Crippen LogP contribution in [0, 0.1) is 0 Å². The molecule has 1 aliphatic rings. The lowest BCUT2D eigenvalue weighted by Crippen LogP contribution is -2.04. The average molecular weight is 258 g/mol. The zero-order chi connectivity index (χ0) is 12.5. The number of nitrogen functional groups attached to an aromatic ring is 1. The molecule has 5 heteroatoms.